The van der Waals surface area contributed by atoms with Crippen molar-refractivity contribution in [3.05, 3.63) is 35.4 Å². The number of benzene rings is 1. The monoisotopic (exact) mass is 248 g/mol. The Kier molecular flexibility index (Phi) is 4.65. The summed E-state index contributed by atoms with van der Waals surface area (Å²) >= 11 is 0. The van der Waals surface area contributed by atoms with E-state index >= 15 is 0 Å². The van der Waals surface area contributed by atoms with Crippen molar-refractivity contribution in [1.29, 1.82) is 0 Å². The summed E-state index contributed by atoms with van der Waals surface area (Å²) in [6, 6.07) is 7.52. The van der Waals surface area contributed by atoms with Gasteiger partial charge in [0.2, 0.25) is 0 Å². The highest BCUT2D eigenvalue weighted by Gasteiger charge is 2.26. The third-order valence-corrected chi connectivity index (χ3v) is 2.97. The number of hydrogen-bond donors (Lipinski definition) is 1. The molecule has 0 saturated heterocycles. The molecule has 18 heavy (non-hydrogen) atoms. The van der Waals surface area contributed by atoms with Crippen molar-refractivity contribution in [2.45, 2.75) is 40.0 Å². The van der Waals surface area contributed by atoms with Crippen LogP contribution in [-0.4, -0.2) is 16.9 Å². The fraction of sp³-hybridized carbons (Fsp3) is 0.467. The molecule has 0 aliphatic rings. The molecular formula is C15H20O3. The third-order valence-electron chi connectivity index (χ3n) is 2.97. The lowest BCUT2D eigenvalue weighted by Gasteiger charge is -2.21. The van der Waals surface area contributed by atoms with Gasteiger partial charge in [-0.05, 0) is 17.4 Å². The first-order valence-corrected chi connectivity index (χ1v) is 6.18. The van der Waals surface area contributed by atoms with E-state index in [0.717, 1.165) is 17.5 Å². The molecule has 0 spiro atoms. The molecular weight excluding hydrogens is 228 g/mol. The highest BCUT2D eigenvalue weighted by Crippen LogP contribution is 2.27. The van der Waals surface area contributed by atoms with Gasteiger partial charge < -0.3 is 5.11 Å². The van der Waals surface area contributed by atoms with Crippen molar-refractivity contribution in [3.8, 4) is 0 Å². The first-order valence-electron chi connectivity index (χ1n) is 6.18. The second-order valence-electron chi connectivity index (χ2n) is 5.35. The quantitative estimate of drug-likeness (QED) is 0.786. The number of carboxylic acid groups (broad SMARTS) is 1. The highest BCUT2D eigenvalue weighted by atomic mass is 16.4. The summed E-state index contributed by atoms with van der Waals surface area (Å²) < 4.78 is 0. The van der Waals surface area contributed by atoms with Crippen LogP contribution < -0.4 is 0 Å². The molecule has 0 amide bonds. The predicted octanol–water partition coefficient (Wildman–Crippen LogP) is 3.32. The van der Waals surface area contributed by atoms with E-state index in [4.69, 9.17) is 5.11 Å². The molecule has 1 N–H and O–H groups in total. The zero-order chi connectivity index (χ0) is 13.8. The molecule has 0 aromatic heterocycles. The zero-order valence-electron chi connectivity index (χ0n) is 11.2. The van der Waals surface area contributed by atoms with Gasteiger partial charge in [-0.2, -0.15) is 0 Å². The molecule has 1 aromatic rings. The van der Waals surface area contributed by atoms with E-state index < -0.39 is 11.4 Å². The van der Waals surface area contributed by atoms with Gasteiger partial charge in [0.1, 0.15) is 0 Å². The Morgan fingerprint density at radius 1 is 1.17 bits per heavy atom. The van der Waals surface area contributed by atoms with E-state index in [-0.39, 0.29) is 18.6 Å². The molecule has 3 heteroatoms. The van der Waals surface area contributed by atoms with Crippen LogP contribution in [0, 0.1) is 5.41 Å². The van der Waals surface area contributed by atoms with Crippen LogP contribution in [-0.2, 0) is 11.2 Å². The third kappa shape index (κ3) is 3.99. The predicted molar refractivity (Wildman–Crippen MR) is 70.8 cm³/mol. The molecule has 0 saturated carbocycles. The van der Waals surface area contributed by atoms with E-state index in [2.05, 4.69) is 0 Å². The van der Waals surface area contributed by atoms with Crippen molar-refractivity contribution in [2.24, 2.45) is 5.41 Å². The normalized spacial score (nSPS) is 11.3. The van der Waals surface area contributed by atoms with Gasteiger partial charge in [0.25, 0.3) is 0 Å². The van der Waals surface area contributed by atoms with Gasteiger partial charge in [-0.1, -0.05) is 45.0 Å². The topological polar surface area (TPSA) is 54.4 Å². The SMILES string of the molecule is CCc1ccccc1C(=O)CC(C)(C)CC(=O)O. The number of Topliss-reactive ketones (excluding diaryl/α,β-unsaturated/α-hetero) is 1. The van der Waals surface area contributed by atoms with Crippen LogP contribution in [0.5, 0.6) is 0 Å². The summed E-state index contributed by atoms with van der Waals surface area (Å²) in [6.07, 6.45) is 1.07. The van der Waals surface area contributed by atoms with Crippen LogP contribution in [0.3, 0.4) is 0 Å². The van der Waals surface area contributed by atoms with Crippen molar-refractivity contribution in [2.75, 3.05) is 0 Å². The largest absolute Gasteiger partial charge is 0.481 e. The van der Waals surface area contributed by atoms with E-state index in [1.807, 2.05) is 45.0 Å². The molecule has 98 valence electrons. The van der Waals surface area contributed by atoms with Gasteiger partial charge in [0.15, 0.2) is 5.78 Å². The number of carbonyl (C=O) groups is 2. The maximum atomic E-state index is 12.2. The van der Waals surface area contributed by atoms with Gasteiger partial charge in [-0.25, -0.2) is 0 Å². The number of carbonyl (C=O) groups excluding carboxylic acids is 1. The number of rotatable bonds is 6. The summed E-state index contributed by atoms with van der Waals surface area (Å²) in [4.78, 5) is 23.0. The molecule has 0 fully saturated rings. The molecule has 0 bridgehead atoms. The van der Waals surface area contributed by atoms with E-state index in [9.17, 15) is 9.59 Å². The number of carboxylic acids is 1. The van der Waals surface area contributed by atoms with Crippen molar-refractivity contribution >= 4 is 11.8 Å². The lowest BCUT2D eigenvalue weighted by atomic mass is 9.82. The standard InChI is InChI=1S/C15H20O3/c1-4-11-7-5-6-8-12(11)13(16)9-15(2,3)10-14(17)18/h5-8H,4,9-10H2,1-3H3,(H,17,18). The molecule has 0 heterocycles. The number of hydrogen-bond acceptors (Lipinski definition) is 2. The first kappa shape index (κ1) is 14.4. The summed E-state index contributed by atoms with van der Waals surface area (Å²) in [6.45, 7) is 5.63. The Morgan fingerprint density at radius 2 is 1.78 bits per heavy atom. The maximum absolute atomic E-state index is 12.2. The summed E-state index contributed by atoms with van der Waals surface area (Å²) in [5.41, 5.74) is 1.23. The summed E-state index contributed by atoms with van der Waals surface area (Å²) in [5.74, 6) is -0.838. The van der Waals surface area contributed by atoms with Gasteiger partial charge >= 0.3 is 5.97 Å². The van der Waals surface area contributed by atoms with Crippen molar-refractivity contribution < 1.29 is 14.7 Å². The van der Waals surface area contributed by atoms with Gasteiger partial charge in [0, 0.05) is 12.0 Å². The Bertz CT molecular complexity index is 447. The molecule has 0 radical (unpaired) electrons. The van der Waals surface area contributed by atoms with Crippen LogP contribution in [0.4, 0.5) is 0 Å². The number of ketones is 1. The lowest BCUT2D eigenvalue weighted by Crippen LogP contribution is -2.21. The minimum atomic E-state index is -0.864. The minimum Gasteiger partial charge on any atom is -0.481 e. The maximum Gasteiger partial charge on any atom is 0.303 e. The van der Waals surface area contributed by atoms with Crippen molar-refractivity contribution in [3.63, 3.8) is 0 Å². The average Bonchev–Trinajstić information content (AvgIpc) is 2.26. The zero-order valence-corrected chi connectivity index (χ0v) is 11.2. The van der Waals surface area contributed by atoms with Crippen LogP contribution >= 0.6 is 0 Å². The molecule has 0 aliphatic carbocycles. The number of aliphatic carboxylic acids is 1. The molecule has 1 aromatic carbocycles. The van der Waals surface area contributed by atoms with Gasteiger partial charge in [-0.3, -0.25) is 9.59 Å². The van der Waals surface area contributed by atoms with Crippen LogP contribution in [0.2, 0.25) is 0 Å². The lowest BCUT2D eigenvalue weighted by molar-refractivity contribution is -0.139. The fourth-order valence-corrected chi connectivity index (χ4v) is 2.10. The minimum absolute atomic E-state index is 0.00698. The summed E-state index contributed by atoms with van der Waals surface area (Å²) in [5, 5.41) is 8.82. The van der Waals surface area contributed by atoms with Crippen LogP contribution in [0.1, 0.15) is 49.5 Å². The fourth-order valence-electron chi connectivity index (χ4n) is 2.10. The van der Waals surface area contributed by atoms with Crippen LogP contribution in [0.15, 0.2) is 24.3 Å². The second kappa shape index (κ2) is 5.80. The first-order chi connectivity index (χ1) is 8.35. The summed E-state index contributed by atoms with van der Waals surface area (Å²) in [7, 11) is 0. The van der Waals surface area contributed by atoms with E-state index in [0.29, 0.717) is 0 Å². The van der Waals surface area contributed by atoms with E-state index in [1.54, 1.807) is 0 Å². The molecule has 1 rings (SSSR count). The van der Waals surface area contributed by atoms with Crippen molar-refractivity contribution in [1.82, 2.24) is 0 Å². The van der Waals surface area contributed by atoms with Gasteiger partial charge in [-0.15, -0.1) is 0 Å². The average molecular weight is 248 g/mol. The Labute approximate surface area is 108 Å². The Hall–Kier alpha value is -1.64. The molecule has 0 aliphatic heterocycles. The Balaban J connectivity index is 2.85. The molecule has 0 unspecified atom stereocenters. The van der Waals surface area contributed by atoms with Gasteiger partial charge in [0.05, 0.1) is 6.42 Å². The van der Waals surface area contributed by atoms with E-state index in [1.165, 1.54) is 0 Å². The smallest absolute Gasteiger partial charge is 0.303 e. The Morgan fingerprint density at radius 3 is 2.33 bits per heavy atom. The molecule has 0 atom stereocenters. The molecule has 3 nitrogen and oxygen atoms in total. The second-order valence-corrected chi connectivity index (χ2v) is 5.35. The number of aryl methyl sites for hydroxylation is 1. The highest BCUT2D eigenvalue weighted by molar-refractivity contribution is 5.98. The van der Waals surface area contributed by atoms with Crippen LogP contribution in [0.25, 0.3) is 0 Å².